The Hall–Kier alpha value is -2.41. The lowest BCUT2D eigenvalue weighted by Gasteiger charge is -2.34. The number of imide groups is 1. The molecule has 0 radical (unpaired) electrons. The molecule has 1 atom stereocenters. The van der Waals surface area contributed by atoms with Gasteiger partial charge in [0.2, 0.25) is 0 Å². The molecular formula is C17H23N3O4. The Balaban J connectivity index is 1.94. The number of benzene rings is 1. The molecule has 1 aromatic carbocycles. The van der Waals surface area contributed by atoms with Crippen molar-refractivity contribution >= 4 is 17.9 Å². The molecule has 3 N–H and O–H groups in total. The molecule has 7 nitrogen and oxygen atoms in total. The van der Waals surface area contributed by atoms with Gasteiger partial charge in [0.25, 0.3) is 5.91 Å². The second-order valence-electron chi connectivity index (χ2n) is 5.99. The second kappa shape index (κ2) is 8.44. The van der Waals surface area contributed by atoms with Crippen molar-refractivity contribution in [2.24, 2.45) is 5.73 Å². The molecule has 0 unspecified atom stereocenters. The Morgan fingerprint density at radius 2 is 2.12 bits per heavy atom. The summed E-state index contributed by atoms with van der Waals surface area (Å²) >= 11 is 0. The zero-order valence-corrected chi connectivity index (χ0v) is 13.8. The van der Waals surface area contributed by atoms with E-state index in [9.17, 15) is 14.4 Å². The number of esters is 1. The van der Waals surface area contributed by atoms with Gasteiger partial charge in [0, 0.05) is 6.54 Å². The van der Waals surface area contributed by atoms with Crippen molar-refractivity contribution in [3.05, 3.63) is 35.4 Å². The highest BCUT2D eigenvalue weighted by atomic mass is 16.5. The number of hydrogen-bond donors (Lipinski definition) is 2. The van der Waals surface area contributed by atoms with E-state index in [1.165, 1.54) is 5.56 Å². The first-order chi connectivity index (χ1) is 11.5. The molecule has 0 spiro atoms. The van der Waals surface area contributed by atoms with Crippen LogP contribution in [0.2, 0.25) is 0 Å². The molecular weight excluding hydrogens is 310 g/mol. The van der Waals surface area contributed by atoms with Crippen LogP contribution in [0.1, 0.15) is 30.4 Å². The lowest BCUT2D eigenvalue weighted by Crippen LogP contribution is -2.46. The zero-order valence-electron chi connectivity index (χ0n) is 13.8. The average Bonchev–Trinajstić information content (AvgIpc) is 2.52. The van der Waals surface area contributed by atoms with Gasteiger partial charge < -0.3 is 10.5 Å². The number of amides is 3. The summed E-state index contributed by atoms with van der Waals surface area (Å²) in [7, 11) is 0. The number of carbonyl (C=O) groups excluding carboxylic acids is 3. The number of ether oxygens (including phenoxy) is 1. The molecule has 0 aromatic heterocycles. The molecule has 1 fully saturated rings. The number of carbonyl (C=O) groups is 3. The maximum atomic E-state index is 12.3. The van der Waals surface area contributed by atoms with E-state index in [2.05, 4.69) is 11.0 Å². The first-order valence-electron chi connectivity index (χ1n) is 8.01. The van der Waals surface area contributed by atoms with Gasteiger partial charge in [-0.1, -0.05) is 36.2 Å². The third-order valence-corrected chi connectivity index (χ3v) is 3.96. The normalized spacial score (nSPS) is 18.0. The van der Waals surface area contributed by atoms with Crippen molar-refractivity contribution in [2.45, 2.75) is 38.8 Å². The topological polar surface area (TPSA) is 102 Å². The minimum absolute atomic E-state index is 0.374. The summed E-state index contributed by atoms with van der Waals surface area (Å²) in [6.07, 6.45) is 2.66. The van der Waals surface area contributed by atoms with Gasteiger partial charge in [-0.15, -0.1) is 0 Å². The van der Waals surface area contributed by atoms with Crippen LogP contribution >= 0.6 is 0 Å². The monoisotopic (exact) mass is 333 g/mol. The van der Waals surface area contributed by atoms with Gasteiger partial charge in [-0.05, 0) is 31.9 Å². The number of aryl methyl sites for hydroxylation is 1. The van der Waals surface area contributed by atoms with Crippen molar-refractivity contribution in [3.8, 4) is 0 Å². The third-order valence-electron chi connectivity index (χ3n) is 3.96. The van der Waals surface area contributed by atoms with E-state index in [1.807, 2.05) is 30.4 Å². The van der Waals surface area contributed by atoms with Crippen molar-refractivity contribution in [1.29, 1.82) is 0 Å². The van der Waals surface area contributed by atoms with Gasteiger partial charge in [0.05, 0.1) is 0 Å². The number of nitrogens with zero attached hydrogens (tertiary/aromatic N) is 1. The summed E-state index contributed by atoms with van der Waals surface area (Å²) < 4.78 is 5.04. The Morgan fingerprint density at radius 1 is 1.33 bits per heavy atom. The molecule has 0 bridgehead atoms. The molecule has 1 aromatic rings. The molecule has 2 rings (SSSR count). The van der Waals surface area contributed by atoms with Crippen LogP contribution in [0.25, 0.3) is 0 Å². The highest BCUT2D eigenvalue weighted by Crippen LogP contribution is 2.21. The first-order valence-corrected chi connectivity index (χ1v) is 8.01. The molecule has 1 aliphatic heterocycles. The number of urea groups is 1. The predicted octanol–water partition coefficient (Wildman–Crippen LogP) is 1.09. The lowest BCUT2D eigenvalue weighted by atomic mass is 10.0. The Kier molecular flexibility index (Phi) is 6.31. The Morgan fingerprint density at radius 3 is 2.83 bits per heavy atom. The minimum atomic E-state index is -0.963. The molecule has 0 saturated carbocycles. The van der Waals surface area contributed by atoms with E-state index >= 15 is 0 Å². The summed E-state index contributed by atoms with van der Waals surface area (Å²) in [4.78, 5) is 36.3. The second-order valence-corrected chi connectivity index (χ2v) is 5.99. The van der Waals surface area contributed by atoms with E-state index in [4.69, 9.17) is 10.5 Å². The summed E-state index contributed by atoms with van der Waals surface area (Å²) in [5.41, 5.74) is 7.16. The number of rotatable bonds is 5. The molecule has 1 saturated heterocycles. The summed E-state index contributed by atoms with van der Waals surface area (Å²) in [5, 5.41) is 1.87. The maximum Gasteiger partial charge on any atom is 0.323 e. The molecule has 0 aliphatic carbocycles. The Labute approximate surface area is 141 Å². The molecule has 130 valence electrons. The van der Waals surface area contributed by atoms with Crippen LogP contribution in [0.15, 0.2) is 24.3 Å². The summed E-state index contributed by atoms with van der Waals surface area (Å²) in [6, 6.07) is 6.82. The Bertz CT molecular complexity index is 618. The summed E-state index contributed by atoms with van der Waals surface area (Å²) in [5.74, 6) is -1.17. The van der Waals surface area contributed by atoms with Crippen molar-refractivity contribution in [3.63, 3.8) is 0 Å². The van der Waals surface area contributed by atoms with Gasteiger partial charge in [-0.25, -0.2) is 4.79 Å². The minimum Gasteiger partial charge on any atom is -0.454 e. The van der Waals surface area contributed by atoms with E-state index < -0.39 is 24.5 Å². The van der Waals surface area contributed by atoms with Crippen LogP contribution in [0.5, 0.6) is 0 Å². The van der Waals surface area contributed by atoms with E-state index in [0.717, 1.165) is 24.9 Å². The number of likely N-dealkylation sites (tertiary alicyclic amines) is 1. The van der Waals surface area contributed by atoms with Crippen LogP contribution in [0.4, 0.5) is 4.79 Å². The lowest BCUT2D eigenvalue weighted by molar-refractivity contribution is -0.155. The molecule has 7 heteroatoms. The van der Waals surface area contributed by atoms with E-state index in [0.29, 0.717) is 13.0 Å². The molecule has 3 amide bonds. The van der Waals surface area contributed by atoms with Gasteiger partial charge in [0.1, 0.15) is 6.04 Å². The van der Waals surface area contributed by atoms with Crippen LogP contribution in [0.3, 0.4) is 0 Å². The van der Waals surface area contributed by atoms with Gasteiger partial charge in [0.15, 0.2) is 6.61 Å². The fraction of sp³-hybridized carbons (Fsp3) is 0.471. The largest absolute Gasteiger partial charge is 0.454 e. The van der Waals surface area contributed by atoms with E-state index in [1.54, 1.807) is 0 Å². The molecule has 1 aliphatic rings. The first kappa shape index (κ1) is 17.9. The van der Waals surface area contributed by atoms with Crippen LogP contribution in [0, 0.1) is 6.92 Å². The quantitative estimate of drug-likeness (QED) is 0.785. The maximum absolute atomic E-state index is 12.3. The third kappa shape index (κ3) is 5.34. The fourth-order valence-corrected chi connectivity index (χ4v) is 2.90. The van der Waals surface area contributed by atoms with Gasteiger partial charge >= 0.3 is 12.0 Å². The van der Waals surface area contributed by atoms with Crippen LogP contribution < -0.4 is 11.1 Å². The van der Waals surface area contributed by atoms with Crippen molar-refractivity contribution < 1.29 is 19.1 Å². The number of hydrogen-bond acceptors (Lipinski definition) is 5. The predicted molar refractivity (Wildman–Crippen MR) is 87.9 cm³/mol. The van der Waals surface area contributed by atoms with Crippen LogP contribution in [-0.2, 0) is 20.9 Å². The molecule has 1 heterocycles. The zero-order chi connectivity index (χ0) is 17.5. The smallest absolute Gasteiger partial charge is 0.323 e. The highest BCUT2D eigenvalue weighted by Gasteiger charge is 2.30. The number of nitrogens with one attached hydrogen (secondary N) is 1. The molecule has 24 heavy (non-hydrogen) atoms. The number of primary amides is 1. The van der Waals surface area contributed by atoms with E-state index in [-0.39, 0.29) is 6.04 Å². The SMILES string of the molecule is Cc1cccc(CN2CCCC[C@@H]2C(=O)OCC(=O)NC(N)=O)c1. The van der Waals surface area contributed by atoms with Gasteiger partial charge in [-0.2, -0.15) is 0 Å². The average molecular weight is 333 g/mol. The fourth-order valence-electron chi connectivity index (χ4n) is 2.90. The number of nitrogens with two attached hydrogens (primary N) is 1. The number of piperidine rings is 1. The van der Waals surface area contributed by atoms with Crippen LogP contribution in [-0.4, -0.2) is 42.0 Å². The van der Waals surface area contributed by atoms with Gasteiger partial charge in [-0.3, -0.25) is 19.8 Å². The van der Waals surface area contributed by atoms with Crippen molar-refractivity contribution in [1.82, 2.24) is 10.2 Å². The standard InChI is InChI=1S/C17H23N3O4/c1-12-5-4-6-13(9-12)10-20-8-3-2-7-14(20)16(22)24-11-15(21)19-17(18)23/h4-6,9,14H,2-3,7-8,10-11H2,1H3,(H3,18,19,21,23)/t14-/m1/s1. The van der Waals surface area contributed by atoms with Crippen molar-refractivity contribution in [2.75, 3.05) is 13.2 Å². The summed E-state index contributed by atoms with van der Waals surface area (Å²) in [6.45, 7) is 3.00. The highest BCUT2D eigenvalue weighted by molar-refractivity contribution is 5.95.